The second-order valence-corrected chi connectivity index (χ2v) is 6.64. The van der Waals surface area contributed by atoms with Crippen LogP contribution in [0.5, 0.6) is 0 Å². The Balaban J connectivity index is 1.31. The fourth-order valence-electron chi connectivity index (χ4n) is 3.20. The highest BCUT2D eigenvalue weighted by molar-refractivity contribution is 5.95. The first-order chi connectivity index (χ1) is 12.6. The van der Waals surface area contributed by atoms with E-state index in [9.17, 15) is 9.18 Å². The number of hydrogen-bond donors (Lipinski definition) is 2. The Morgan fingerprint density at radius 3 is 2.65 bits per heavy atom. The number of carbonyl (C=O) groups is 1. The van der Waals surface area contributed by atoms with Gasteiger partial charge in [-0.3, -0.25) is 4.79 Å². The van der Waals surface area contributed by atoms with Gasteiger partial charge in [-0.25, -0.2) is 4.39 Å². The van der Waals surface area contributed by atoms with E-state index in [4.69, 9.17) is 10.2 Å². The van der Waals surface area contributed by atoms with Gasteiger partial charge in [0, 0.05) is 18.5 Å². The van der Waals surface area contributed by atoms with Gasteiger partial charge in [0.15, 0.2) is 5.78 Å². The van der Waals surface area contributed by atoms with Crippen LogP contribution in [0.3, 0.4) is 0 Å². The van der Waals surface area contributed by atoms with E-state index in [0.29, 0.717) is 23.9 Å². The number of halogens is 1. The summed E-state index contributed by atoms with van der Waals surface area (Å²) in [7, 11) is 0. The van der Waals surface area contributed by atoms with Crippen molar-refractivity contribution in [1.29, 1.82) is 0 Å². The average molecular weight is 361 g/mol. The quantitative estimate of drug-likeness (QED) is 0.697. The molecule has 1 aliphatic rings. The van der Waals surface area contributed by atoms with Crippen molar-refractivity contribution in [2.45, 2.75) is 25.7 Å². The summed E-state index contributed by atoms with van der Waals surface area (Å²) in [6.07, 6.45) is 3.48. The van der Waals surface area contributed by atoms with Crippen molar-refractivity contribution in [2.75, 3.05) is 37.2 Å². The molecule has 3 rings (SSSR count). The molecular weight excluding hydrogens is 337 g/mol. The van der Waals surface area contributed by atoms with Crippen molar-refractivity contribution in [3.63, 3.8) is 0 Å². The Morgan fingerprint density at radius 1 is 1.27 bits per heavy atom. The van der Waals surface area contributed by atoms with Crippen molar-refractivity contribution in [3.8, 4) is 0 Å². The molecule has 3 N–H and O–H groups in total. The normalized spacial score (nSPS) is 15.9. The predicted octanol–water partition coefficient (Wildman–Crippen LogP) is 2.58. The van der Waals surface area contributed by atoms with Crippen LogP contribution < -0.4 is 11.1 Å². The van der Waals surface area contributed by atoms with Gasteiger partial charge in [0.2, 0.25) is 0 Å². The van der Waals surface area contributed by atoms with Crippen LogP contribution in [-0.2, 0) is 0 Å². The fraction of sp³-hybridized carbons (Fsp3) is 0.500. The first-order valence-corrected chi connectivity index (χ1v) is 8.94. The molecule has 0 atom stereocenters. The molecule has 2 heterocycles. The standard InChI is InChI=1S/C18H24FN5O2/c19-15-5-3-14(4-6-15)16(25)2-1-9-24-10-7-13(8-11-24)12-21-18-23-22-17(20)26-18/h3-6,13H,1-2,7-12H2,(H2,20,22)(H,21,23). The summed E-state index contributed by atoms with van der Waals surface area (Å²) in [5.41, 5.74) is 5.97. The van der Waals surface area contributed by atoms with Crippen LogP contribution in [0.15, 0.2) is 28.7 Å². The molecule has 0 aliphatic carbocycles. The lowest BCUT2D eigenvalue weighted by atomic mass is 9.96. The maximum atomic E-state index is 12.9. The number of carbonyl (C=O) groups excluding carboxylic acids is 1. The second-order valence-electron chi connectivity index (χ2n) is 6.64. The third-order valence-corrected chi connectivity index (χ3v) is 4.73. The summed E-state index contributed by atoms with van der Waals surface area (Å²) in [6, 6.07) is 6.19. The van der Waals surface area contributed by atoms with Gasteiger partial charge in [-0.2, -0.15) is 0 Å². The molecule has 1 aromatic carbocycles. The molecule has 140 valence electrons. The summed E-state index contributed by atoms with van der Waals surface area (Å²) in [6.45, 7) is 3.73. The Hall–Kier alpha value is -2.48. The first-order valence-electron chi connectivity index (χ1n) is 8.94. The van der Waals surface area contributed by atoms with Crippen LogP contribution in [0.25, 0.3) is 0 Å². The van der Waals surface area contributed by atoms with Crippen molar-refractivity contribution in [1.82, 2.24) is 15.1 Å². The molecule has 1 aromatic heterocycles. The van der Waals surface area contributed by atoms with Gasteiger partial charge >= 0.3 is 12.0 Å². The molecule has 2 aromatic rings. The van der Waals surface area contributed by atoms with Crippen molar-refractivity contribution in [3.05, 3.63) is 35.6 Å². The van der Waals surface area contributed by atoms with Gasteiger partial charge in [0.25, 0.3) is 0 Å². The minimum atomic E-state index is -0.318. The number of nitrogen functional groups attached to an aromatic ring is 1. The van der Waals surface area contributed by atoms with Crippen LogP contribution in [0.2, 0.25) is 0 Å². The van der Waals surface area contributed by atoms with Gasteiger partial charge in [0.1, 0.15) is 5.82 Å². The number of likely N-dealkylation sites (tertiary alicyclic amines) is 1. The molecule has 1 saturated heterocycles. The number of nitrogens with two attached hydrogens (primary N) is 1. The molecule has 0 radical (unpaired) electrons. The Morgan fingerprint density at radius 2 is 2.00 bits per heavy atom. The average Bonchev–Trinajstić information content (AvgIpc) is 3.07. The molecular formula is C18H24FN5O2. The van der Waals surface area contributed by atoms with Gasteiger partial charge in [-0.1, -0.05) is 10.2 Å². The Bertz CT molecular complexity index is 711. The van der Waals surface area contributed by atoms with E-state index in [1.807, 2.05) is 0 Å². The zero-order valence-corrected chi connectivity index (χ0v) is 14.7. The van der Waals surface area contributed by atoms with Gasteiger partial charge in [0.05, 0.1) is 0 Å². The summed E-state index contributed by atoms with van der Waals surface area (Å²) < 4.78 is 18.0. The summed E-state index contributed by atoms with van der Waals surface area (Å²) in [5.74, 6) is 0.310. The number of ketones is 1. The van der Waals surface area contributed by atoms with E-state index in [-0.39, 0.29) is 17.6 Å². The summed E-state index contributed by atoms with van der Waals surface area (Å²) >= 11 is 0. The number of piperidine rings is 1. The second kappa shape index (κ2) is 8.75. The largest absolute Gasteiger partial charge is 0.390 e. The van der Waals surface area contributed by atoms with Crippen LogP contribution in [0.1, 0.15) is 36.0 Å². The topological polar surface area (TPSA) is 97.3 Å². The molecule has 0 saturated carbocycles. The fourth-order valence-corrected chi connectivity index (χ4v) is 3.20. The first kappa shape index (κ1) is 18.3. The van der Waals surface area contributed by atoms with Crippen LogP contribution in [-0.4, -0.2) is 47.1 Å². The number of hydrogen-bond acceptors (Lipinski definition) is 7. The Kier molecular flexibility index (Phi) is 6.17. The molecule has 0 bridgehead atoms. The smallest absolute Gasteiger partial charge is 0.316 e. The number of Topliss-reactive ketones (excluding diaryl/α,β-unsaturated/α-hetero) is 1. The van der Waals surface area contributed by atoms with E-state index in [1.165, 1.54) is 12.1 Å². The lowest BCUT2D eigenvalue weighted by molar-refractivity contribution is 0.0970. The third-order valence-electron chi connectivity index (χ3n) is 4.73. The van der Waals surface area contributed by atoms with E-state index >= 15 is 0 Å². The molecule has 1 aliphatic heterocycles. The maximum absolute atomic E-state index is 12.9. The van der Waals surface area contributed by atoms with Gasteiger partial charge in [-0.05, 0) is 69.1 Å². The minimum absolute atomic E-state index is 0.0671. The number of nitrogens with one attached hydrogen (secondary N) is 1. The number of aromatic nitrogens is 2. The van der Waals surface area contributed by atoms with E-state index in [0.717, 1.165) is 45.4 Å². The molecule has 7 nitrogen and oxygen atoms in total. The molecule has 8 heteroatoms. The number of nitrogens with zero attached hydrogens (tertiary/aromatic N) is 3. The molecule has 0 unspecified atom stereocenters. The molecule has 0 amide bonds. The number of rotatable bonds is 8. The van der Waals surface area contributed by atoms with Gasteiger partial charge < -0.3 is 20.4 Å². The summed E-state index contributed by atoms with van der Waals surface area (Å²) in [4.78, 5) is 14.5. The molecule has 1 fully saturated rings. The zero-order chi connectivity index (χ0) is 18.4. The van der Waals surface area contributed by atoms with Crippen molar-refractivity contribution < 1.29 is 13.6 Å². The van der Waals surface area contributed by atoms with Crippen molar-refractivity contribution in [2.24, 2.45) is 5.92 Å². The van der Waals surface area contributed by atoms with E-state index in [1.54, 1.807) is 12.1 Å². The lowest BCUT2D eigenvalue weighted by Crippen LogP contribution is -2.36. The number of benzene rings is 1. The molecule has 26 heavy (non-hydrogen) atoms. The maximum Gasteiger partial charge on any atom is 0.316 e. The SMILES string of the molecule is Nc1nnc(NCC2CCN(CCCC(=O)c3ccc(F)cc3)CC2)o1. The van der Waals surface area contributed by atoms with E-state index < -0.39 is 0 Å². The monoisotopic (exact) mass is 361 g/mol. The third kappa shape index (κ3) is 5.26. The highest BCUT2D eigenvalue weighted by Crippen LogP contribution is 2.19. The predicted molar refractivity (Wildman–Crippen MR) is 96.3 cm³/mol. The Labute approximate surface area is 151 Å². The number of anilines is 2. The minimum Gasteiger partial charge on any atom is -0.390 e. The van der Waals surface area contributed by atoms with E-state index in [2.05, 4.69) is 20.4 Å². The van der Waals surface area contributed by atoms with Crippen molar-refractivity contribution >= 4 is 17.8 Å². The van der Waals surface area contributed by atoms with Crippen LogP contribution in [0, 0.1) is 11.7 Å². The highest BCUT2D eigenvalue weighted by Gasteiger charge is 2.19. The lowest BCUT2D eigenvalue weighted by Gasteiger charge is -2.31. The van der Waals surface area contributed by atoms with Crippen LogP contribution >= 0.6 is 0 Å². The summed E-state index contributed by atoms with van der Waals surface area (Å²) in [5, 5.41) is 10.5. The zero-order valence-electron chi connectivity index (χ0n) is 14.7. The molecule has 0 spiro atoms. The highest BCUT2D eigenvalue weighted by atomic mass is 19.1. The van der Waals surface area contributed by atoms with Crippen LogP contribution in [0.4, 0.5) is 16.4 Å². The van der Waals surface area contributed by atoms with Gasteiger partial charge in [-0.15, -0.1) is 0 Å².